The number of aromatic nitrogens is 1. The summed E-state index contributed by atoms with van der Waals surface area (Å²) in [5.41, 5.74) is 1.44. The van der Waals surface area contributed by atoms with E-state index in [9.17, 15) is 17.6 Å². The molecule has 0 aliphatic heterocycles. The fourth-order valence-corrected chi connectivity index (χ4v) is 4.73. The van der Waals surface area contributed by atoms with Crippen molar-refractivity contribution in [2.24, 2.45) is 0 Å². The highest BCUT2D eigenvalue weighted by Gasteiger charge is 2.20. The molecule has 2 aromatic carbocycles. The Labute approximate surface area is 176 Å². The fraction of sp³-hybridized carbons (Fsp3) is 0.158. The van der Waals surface area contributed by atoms with Crippen molar-refractivity contribution in [3.05, 3.63) is 75.5 Å². The molecule has 0 aliphatic carbocycles. The number of nitrogens with zero attached hydrogens (tertiary/aromatic N) is 1. The van der Waals surface area contributed by atoms with Gasteiger partial charge in [-0.15, -0.1) is 0 Å². The number of halogens is 2. The molecule has 0 aliphatic rings. The molecule has 29 heavy (non-hydrogen) atoms. The molecule has 1 aromatic heterocycles. The second kappa shape index (κ2) is 8.89. The van der Waals surface area contributed by atoms with Crippen LogP contribution in [0.2, 0.25) is 5.02 Å². The minimum Gasteiger partial charge on any atom is -0.351 e. The molecule has 10 heteroatoms. The molecule has 0 atom stereocenters. The molecule has 0 radical (unpaired) electrons. The number of carbonyl (C=O) groups excluding carboxylic acids is 1. The van der Waals surface area contributed by atoms with Crippen LogP contribution in [0.5, 0.6) is 0 Å². The van der Waals surface area contributed by atoms with Gasteiger partial charge in [0.25, 0.3) is 15.9 Å². The summed E-state index contributed by atoms with van der Waals surface area (Å²) in [5.74, 6) is -0.868. The number of benzene rings is 2. The summed E-state index contributed by atoms with van der Waals surface area (Å²) in [6, 6.07) is 11.8. The first-order valence-electron chi connectivity index (χ1n) is 8.53. The molecule has 2 N–H and O–H groups in total. The van der Waals surface area contributed by atoms with Crippen molar-refractivity contribution < 1.29 is 17.6 Å². The predicted molar refractivity (Wildman–Crippen MR) is 112 cm³/mol. The van der Waals surface area contributed by atoms with E-state index in [1.165, 1.54) is 0 Å². The molecule has 3 rings (SSSR count). The maximum absolute atomic E-state index is 13.0. The van der Waals surface area contributed by atoms with Crippen molar-refractivity contribution in [2.45, 2.75) is 18.2 Å². The highest BCUT2D eigenvalue weighted by Crippen LogP contribution is 2.25. The van der Waals surface area contributed by atoms with Gasteiger partial charge in [0, 0.05) is 11.6 Å². The minimum absolute atomic E-state index is 0.0645. The van der Waals surface area contributed by atoms with E-state index >= 15 is 0 Å². The van der Waals surface area contributed by atoms with Gasteiger partial charge in [0.15, 0.2) is 5.13 Å². The second-order valence-electron chi connectivity index (χ2n) is 6.13. The number of hydrogen-bond acceptors (Lipinski definition) is 5. The third-order valence-electron chi connectivity index (χ3n) is 3.96. The highest BCUT2D eigenvalue weighted by atomic mass is 35.5. The van der Waals surface area contributed by atoms with Crippen molar-refractivity contribution in [1.82, 2.24) is 10.3 Å². The van der Waals surface area contributed by atoms with Crippen molar-refractivity contribution in [3.63, 3.8) is 0 Å². The van der Waals surface area contributed by atoms with Crippen LogP contribution in [0.15, 0.2) is 53.4 Å². The lowest BCUT2D eigenvalue weighted by Crippen LogP contribution is -2.25. The Hall–Kier alpha value is -2.49. The number of thiazole rings is 1. The molecule has 152 valence electrons. The minimum atomic E-state index is -3.93. The van der Waals surface area contributed by atoms with Crippen molar-refractivity contribution in [3.8, 4) is 0 Å². The first-order chi connectivity index (χ1) is 13.7. The third kappa shape index (κ3) is 5.53. The highest BCUT2D eigenvalue weighted by molar-refractivity contribution is 7.93. The average Bonchev–Trinajstić information content (AvgIpc) is 3.03. The Balaban J connectivity index is 1.63. The van der Waals surface area contributed by atoms with Crippen molar-refractivity contribution in [2.75, 3.05) is 11.3 Å². The second-order valence-corrected chi connectivity index (χ2v) is 9.24. The van der Waals surface area contributed by atoms with Gasteiger partial charge in [0.1, 0.15) is 10.7 Å². The van der Waals surface area contributed by atoms with Gasteiger partial charge in [-0.1, -0.05) is 35.1 Å². The summed E-state index contributed by atoms with van der Waals surface area (Å²) in [5, 5.41) is 3.51. The van der Waals surface area contributed by atoms with Gasteiger partial charge in [0.05, 0.1) is 10.6 Å². The number of rotatable bonds is 7. The van der Waals surface area contributed by atoms with Crippen LogP contribution in [0, 0.1) is 12.7 Å². The van der Waals surface area contributed by atoms with Gasteiger partial charge in [-0.3, -0.25) is 9.52 Å². The topological polar surface area (TPSA) is 88.2 Å². The number of hydrogen-bond donors (Lipinski definition) is 2. The van der Waals surface area contributed by atoms with Crippen LogP contribution in [0.1, 0.15) is 20.9 Å². The summed E-state index contributed by atoms with van der Waals surface area (Å²) in [7, 11) is -3.93. The van der Waals surface area contributed by atoms with E-state index < -0.39 is 15.8 Å². The Bertz CT molecular complexity index is 1110. The van der Waals surface area contributed by atoms with E-state index in [1.807, 2.05) is 12.1 Å². The molecule has 0 fully saturated rings. The molecule has 0 saturated carbocycles. The van der Waals surface area contributed by atoms with Crippen LogP contribution in [0.4, 0.5) is 9.52 Å². The Kier molecular flexibility index (Phi) is 6.51. The SMILES string of the molecule is Cc1nc(NS(=O)(=O)c2ccc(F)cc2)sc1C(=O)NCCc1ccc(Cl)cc1. The van der Waals surface area contributed by atoms with Crippen LogP contribution in [-0.2, 0) is 16.4 Å². The molecule has 0 saturated heterocycles. The summed E-state index contributed by atoms with van der Waals surface area (Å²) in [6.07, 6.45) is 0.630. The van der Waals surface area contributed by atoms with Crippen molar-refractivity contribution >= 4 is 44.0 Å². The number of nitrogens with one attached hydrogen (secondary N) is 2. The molecule has 0 spiro atoms. The third-order valence-corrected chi connectivity index (χ3v) is 6.77. The van der Waals surface area contributed by atoms with Crippen molar-refractivity contribution in [1.29, 1.82) is 0 Å². The molecule has 6 nitrogen and oxygen atoms in total. The number of carbonyl (C=O) groups is 1. The van der Waals surface area contributed by atoms with E-state index in [0.717, 1.165) is 41.2 Å². The van der Waals surface area contributed by atoms with E-state index in [1.54, 1.807) is 19.1 Å². The van der Waals surface area contributed by atoms with E-state index in [4.69, 9.17) is 11.6 Å². The van der Waals surface area contributed by atoms with Crippen LogP contribution in [0.25, 0.3) is 0 Å². The summed E-state index contributed by atoms with van der Waals surface area (Å²) < 4.78 is 40.1. The standard InChI is InChI=1S/C19H17ClFN3O3S2/c1-12-17(18(25)22-11-10-13-2-4-14(20)5-3-13)28-19(23-12)24-29(26,27)16-8-6-15(21)7-9-16/h2-9H,10-11H2,1H3,(H,22,25)(H,23,24). The average molecular weight is 454 g/mol. The Morgan fingerprint density at radius 2 is 1.79 bits per heavy atom. The first-order valence-corrected chi connectivity index (χ1v) is 11.2. The monoisotopic (exact) mass is 453 g/mol. The molecule has 0 bridgehead atoms. The summed E-state index contributed by atoms with van der Waals surface area (Å²) >= 11 is 6.78. The van der Waals surface area contributed by atoms with Gasteiger partial charge in [-0.25, -0.2) is 17.8 Å². The number of amides is 1. The Morgan fingerprint density at radius 1 is 1.14 bits per heavy atom. The lowest BCUT2D eigenvalue weighted by molar-refractivity contribution is 0.0957. The summed E-state index contributed by atoms with van der Waals surface area (Å²) in [6.45, 7) is 2.04. The van der Waals surface area contributed by atoms with Crippen LogP contribution < -0.4 is 10.0 Å². The lowest BCUT2D eigenvalue weighted by Gasteiger charge is -2.05. The molecule has 3 aromatic rings. The molecule has 1 heterocycles. The quantitative estimate of drug-likeness (QED) is 0.565. The van der Waals surface area contributed by atoms with Gasteiger partial charge in [0.2, 0.25) is 0 Å². The normalized spacial score (nSPS) is 11.3. The molecular weight excluding hydrogens is 437 g/mol. The maximum Gasteiger partial charge on any atom is 0.263 e. The van der Waals surface area contributed by atoms with Gasteiger partial charge >= 0.3 is 0 Å². The Morgan fingerprint density at radius 3 is 2.45 bits per heavy atom. The van der Waals surface area contributed by atoms with Gasteiger partial charge < -0.3 is 5.32 Å². The van der Waals surface area contributed by atoms with Crippen LogP contribution >= 0.6 is 22.9 Å². The predicted octanol–water partition coefficient (Wildman–Crippen LogP) is 4.02. The number of sulfonamides is 1. The zero-order valence-corrected chi connectivity index (χ0v) is 17.7. The van der Waals surface area contributed by atoms with Gasteiger partial charge in [-0.05, 0) is 55.3 Å². The molecule has 0 unspecified atom stereocenters. The zero-order valence-electron chi connectivity index (χ0n) is 15.3. The fourth-order valence-electron chi connectivity index (χ4n) is 2.49. The first kappa shape index (κ1) is 21.2. The van der Waals surface area contributed by atoms with E-state index in [0.29, 0.717) is 28.6 Å². The van der Waals surface area contributed by atoms with E-state index in [-0.39, 0.29) is 15.9 Å². The molecular formula is C19H17ClFN3O3S2. The number of aryl methyl sites for hydroxylation is 1. The van der Waals surface area contributed by atoms with Crippen LogP contribution in [0.3, 0.4) is 0 Å². The van der Waals surface area contributed by atoms with E-state index in [2.05, 4.69) is 15.0 Å². The lowest BCUT2D eigenvalue weighted by atomic mass is 10.1. The summed E-state index contributed by atoms with van der Waals surface area (Å²) in [4.78, 5) is 16.8. The number of anilines is 1. The smallest absolute Gasteiger partial charge is 0.263 e. The van der Waals surface area contributed by atoms with Crippen LogP contribution in [-0.4, -0.2) is 25.9 Å². The molecule has 1 amide bonds. The zero-order chi connectivity index (χ0) is 21.0. The van der Waals surface area contributed by atoms with Gasteiger partial charge in [-0.2, -0.15) is 0 Å². The maximum atomic E-state index is 13.0. The largest absolute Gasteiger partial charge is 0.351 e.